The minimum absolute atomic E-state index is 0. The Morgan fingerprint density at radius 2 is 0.400 bits per heavy atom. The minimum Gasteiger partial charge on any atom is -0.147 e. The molecule has 0 aromatic rings. The summed E-state index contributed by atoms with van der Waals surface area (Å²) < 4.78 is 0. The van der Waals surface area contributed by atoms with Crippen LogP contribution in [0, 0.1) is 0 Å². The molecule has 0 amide bonds. The molecule has 0 saturated heterocycles. The van der Waals surface area contributed by atoms with Gasteiger partial charge in [-0.2, -0.15) is 0 Å². The Balaban J connectivity index is 0. The van der Waals surface area contributed by atoms with Gasteiger partial charge in [-0.1, -0.05) is 0 Å². The van der Waals surface area contributed by atoms with Crippen molar-refractivity contribution in [2.45, 2.75) is 0 Å². The lowest BCUT2D eigenvalue weighted by molar-refractivity contribution is 5.75. The van der Waals surface area contributed by atoms with E-state index in [9.17, 15) is 0 Å². The molecule has 0 nitrogen and oxygen atoms in total. The second-order valence-corrected chi connectivity index (χ2v) is 0. The zero-order chi connectivity index (χ0) is 0. The topological polar surface area (TPSA) is 0 Å². The van der Waals surface area contributed by atoms with Crippen LogP contribution in [0.25, 0.3) is 0 Å². The second kappa shape index (κ2) is 80.0. The smallest absolute Gasteiger partial charge is 0 e. The lowest BCUT2D eigenvalue weighted by atomic mass is 10.8. The Morgan fingerprint density at radius 3 is 0.400 bits per heavy atom. The molecule has 5 heteroatoms. The maximum absolute atomic E-state index is 0. The summed E-state index contributed by atoms with van der Waals surface area (Å²) in [5.41, 5.74) is 0. The maximum atomic E-state index is 0. The second-order valence-electron chi connectivity index (χ2n) is 0. The molecule has 0 saturated carbocycles. The standard InChI is InChI=1S/2B.3ClH/h;;3*1H. The van der Waals surface area contributed by atoms with E-state index in [1.165, 1.54) is 0 Å². The van der Waals surface area contributed by atoms with E-state index in [1.54, 1.807) is 0 Å². The molecule has 0 aromatic heterocycles. The first-order valence-electron chi connectivity index (χ1n) is 0. The zero-order valence-electron chi connectivity index (χ0n) is 2.38. The molecule has 0 heterocycles. The summed E-state index contributed by atoms with van der Waals surface area (Å²) in [5, 5.41) is 0. The molecule has 0 rings (SSSR count). The molecule has 0 aliphatic heterocycles. The van der Waals surface area contributed by atoms with Gasteiger partial charge in [-0.15, -0.1) is 37.2 Å². The Bertz CT molecular complexity index is 4.85. The van der Waals surface area contributed by atoms with Gasteiger partial charge in [0, 0.05) is 16.8 Å². The predicted octanol–water partition coefficient (Wildman–Crippen LogP) is 0.504. The van der Waals surface area contributed by atoms with Crippen LogP contribution in [0.5, 0.6) is 0 Å². The largest absolute Gasteiger partial charge is 0.147 e. The van der Waals surface area contributed by atoms with E-state index < -0.39 is 0 Å². The summed E-state index contributed by atoms with van der Waals surface area (Å²) in [5.74, 6) is 0. The molecular weight excluding hydrogens is 128 g/mol. The first-order valence-corrected chi connectivity index (χ1v) is 0. The highest BCUT2D eigenvalue weighted by Crippen LogP contribution is 0.692. The summed E-state index contributed by atoms with van der Waals surface area (Å²) in [7, 11) is 0. The van der Waals surface area contributed by atoms with Crippen molar-refractivity contribution in [3.63, 3.8) is 0 Å². The van der Waals surface area contributed by atoms with Crippen LogP contribution in [0.15, 0.2) is 0 Å². The van der Waals surface area contributed by atoms with Crippen LogP contribution in [0.3, 0.4) is 0 Å². The summed E-state index contributed by atoms with van der Waals surface area (Å²) in [6, 6.07) is 0. The molecular formula is H3B2Cl3. The molecule has 30 valence electrons. The zero-order valence-corrected chi connectivity index (χ0v) is 4.83. The van der Waals surface area contributed by atoms with Crippen molar-refractivity contribution in [2.75, 3.05) is 0 Å². The van der Waals surface area contributed by atoms with Gasteiger partial charge in [-0.3, -0.25) is 0 Å². The fourth-order valence-electron chi connectivity index (χ4n) is 0. The lowest BCUT2D eigenvalue weighted by Crippen LogP contribution is -0.382. The van der Waals surface area contributed by atoms with Crippen LogP contribution in [0.1, 0.15) is 0 Å². The van der Waals surface area contributed by atoms with Crippen LogP contribution >= 0.6 is 37.2 Å². The van der Waals surface area contributed by atoms with Crippen molar-refractivity contribution in [3.05, 3.63) is 0 Å². The van der Waals surface area contributed by atoms with Gasteiger partial charge < -0.3 is 0 Å². The fourth-order valence-corrected chi connectivity index (χ4v) is 0. The summed E-state index contributed by atoms with van der Waals surface area (Å²) in [6.07, 6.45) is 0. The quantitative estimate of drug-likeness (QED) is 0.420. The highest BCUT2D eigenvalue weighted by atomic mass is 35.5. The van der Waals surface area contributed by atoms with Crippen LogP contribution < -0.4 is 0 Å². The Kier molecular flexibility index (Phi) is 2400. The molecule has 0 bridgehead atoms. The third-order valence-electron chi connectivity index (χ3n) is 0. The highest BCUT2D eigenvalue weighted by molar-refractivity contribution is 5.86. The van der Waals surface area contributed by atoms with Gasteiger partial charge in [-0.25, -0.2) is 0 Å². The molecule has 0 unspecified atom stereocenters. The van der Waals surface area contributed by atoms with Gasteiger partial charge >= 0.3 is 0 Å². The van der Waals surface area contributed by atoms with E-state index >= 15 is 0 Å². The van der Waals surface area contributed by atoms with Crippen molar-refractivity contribution in [1.29, 1.82) is 0 Å². The Labute approximate surface area is 54.5 Å². The normalized spacial score (nSPS) is 0. The molecule has 0 aromatic carbocycles. The predicted molar refractivity (Wildman–Crippen MR) is 33.3 cm³/mol. The van der Waals surface area contributed by atoms with E-state index in [0.717, 1.165) is 0 Å². The average molecular weight is 131 g/mol. The van der Waals surface area contributed by atoms with E-state index in [-0.39, 0.29) is 54.0 Å². The van der Waals surface area contributed by atoms with Crippen molar-refractivity contribution >= 4 is 54.0 Å². The SMILES string of the molecule is Cl.Cl.Cl.[B].[B]. The summed E-state index contributed by atoms with van der Waals surface area (Å²) in [4.78, 5) is 0. The van der Waals surface area contributed by atoms with E-state index in [2.05, 4.69) is 0 Å². The van der Waals surface area contributed by atoms with Crippen LogP contribution in [-0.2, 0) is 0 Å². The van der Waals surface area contributed by atoms with Gasteiger partial charge in [0.1, 0.15) is 0 Å². The molecule has 0 N–H and O–H groups in total. The highest BCUT2D eigenvalue weighted by Gasteiger charge is 0.00104. The average Bonchev–Trinajstić information content (AvgIpc) is 0. The van der Waals surface area contributed by atoms with Crippen LogP contribution in [0.4, 0.5) is 0 Å². The molecule has 0 aliphatic carbocycles. The van der Waals surface area contributed by atoms with E-state index in [1.807, 2.05) is 0 Å². The first-order chi connectivity index (χ1) is 0. The van der Waals surface area contributed by atoms with Gasteiger partial charge in [0.2, 0.25) is 0 Å². The first kappa shape index (κ1) is 150. The van der Waals surface area contributed by atoms with Gasteiger partial charge in [0.05, 0.1) is 0 Å². The van der Waals surface area contributed by atoms with Crippen LogP contribution in [-0.4, -0.2) is 16.8 Å². The fraction of sp³-hybridized carbons (Fsp3) is 0. The number of halogens is 3. The van der Waals surface area contributed by atoms with E-state index in [0.29, 0.717) is 0 Å². The number of hydrogen-bond donors (Lipinski definition) is 0. The van der Waals surface area contributed by atoms with Crippen molar-refractivity contribution in [2.24, 2.45) is 0 Å². The molecule has 6 radical (unpaired) electrons. The van der Waals surface area contributed by atoms with Crippen molar-refractivity contribution in [1.82, 2.24) is 0 Å². The van der Waals surface area contributed by atoms with Gasteiger partial charge in [-0.05, 0) is 0 Å². The molecule has 0 aliphatic rings. The Morgan fingerprint density at radius 1 is 0.400 bits per heavy atom. The number of hydrogen-bond acceptors (Lipinski definition) is 0. The molecule has 0 fully saturated rings. The molecule has 5 heavy (non-hydrogen) atoms. The third-order valence-corrected chi connectivity index (χ3v) is 0. The van der Waals surface area contributed by atoms with Gasteiger partial charge in [0.25, 0.3) is 0 Å². The lowest BCUT2D eigenvalue weighted by Gasteiger charge is -0.148. The Hall–Kier alpha value is 1.000. The summed E-state index contributed by atoms with van der Waals surface area (Å²) >= 11 is 0. The molecule has 0 atom stereocenters. The maximum Gasteiger partial charge on any atom is 0 e. The monoisotopic (exact) mass is 130 g/mol. The third kappa shape index (κ3) is 45.0. The van der Waals surface area contributed by atoms with Crippen LogP contribution in [0.2, 0.25) is 0 Å². The van der Waals surface area contributed by atoms with E-state index in [4.69, 9.17) is 0 Å². The summed E-state index contributed by atoms with van der Waals surface area (Å²) in [6.45, 7) is 0. The van der Waals surface area contributed by atoms with Crippen molar-refractivity contribution < 1.29 is 0 Å². The number of rotatable bonds is 0. The van der Waals surface area contributed by atoms with Crippen molar-refractivity contribution in [3.8, 4) is 0 Å². The molecule has 0 spiro atoms. The van der Waals surface area contributed by atoms with Gasteiger partial charge in [0.15, 0.2) is 0 Å². The minimum atomic E-state index is 0.